The van der Waals surface area contributed by atoms with Crippen molar-refractivity contribution >= 4 is 17.4 Å². The van der Waals surface area contributed by atoms with E-state index in [9.17, 15) is 4.39 Å². The SMILES string of the molecule is NNc1ncccc1COc1cccc(Cl)c1F. The predicted molar refractivity (Wildman–Crippen MR) is 67.8 cm³/mol. The zero-order valence-corrected chi connectivity index (χ0v) is 10.1. The van der Waals surface area contributed by atoms with Crippen molar-refractivity contribution in [2.45, 2.75) is 6.61 Å². The van der Waals surface area contributed by atoms with Gasteiger partial charge in [-0.2, -0.15) is 0 Å². The third kappa shape index (κ3) is 2.69. The lowest BCUT2D eigenvalue weighted by Gasteiger charge is -2.10. The van der Waals surface area contributed by atoms with E-state index < -0.39 is 5.82 Å². The highest BCUT2D eigenvalue weighted by molar-refractivity contribution is 6.30. The molecule has 0 aliphatic rings. The molecule has 1 aromatic heterocycles. The maximum atomic E-state index is 13.6. The van der Waals surface area contributed by atoms with Crippen LogP contribution in [0.5, 0.6) is 5.75 Å². The van der Waals surface area contributed by atoms with Crippen molar-refractivity contribution in [2.75, 3.05) is 5.43 Å². The number of nitrogens with two attached hydrogens (primary N) is 1. The van der Waals surface area contributed by atoms with Gasteiger partial charge in [0.25, 0.3) is 0 Å². The molecular formula is C12H11ClFN3O. The zero-order chi connectivity index (χ0) is 13.0. The highest BCUT2D eigenvalue weighted by Gasteiger charge is 2.08. The van der Waals surface area contributed by atoms with Gasteiger partial charge in [0.1, 0.15) is 12.4 Å². The minimum Gasteiger partial charge on any atom is -0.486 e. The Morgan fingerprint density at radius 2 is 2.17 bits per heavy atom. The molecule has 0 radical (unpaired) electrons. The van der Waals surface area contributed by atoms with Crippen molar-refractivity contribution in [1.82, 2.24) is 4.98 Å². The Kier molecular flexibility index (Phi) is 3.96. The van der Waals surface area contributed by atoms with Crippen LogP contribution in [0.4, 0.5) is 10.2 Å². The second-order valence-corrected chi connectivity index (χ2v) is 3.90. The van der Waals surface area contributed by atoms with Crippen molar-refractivity contribution in [3.63, 3.8) is 0 Å². The summed E-state index contributed by atoms with van der Waals surface area (Å²) in [5.74, 6) is 5.31. The van der Waals surface area contributed by atoms with Crippen LogP contribution >= 0.6 is 11.6 Å². The molecule has 0 atom stereocenters. The third-order valence-corrected chi connectivity index (χ3v) is 2.62. The van der Waals surface area contributed by atoms with Crippen molar-refractivity contribution in [2.24, 2.45) is 5.84 Å². The van der Waals surface area contributed by atoms with E-state index in [-0.39, 0.29) is 17.4 Å². The van der Waals surface area contributed by atoms with Gasteiger partial charge in [-0.3, -0.25) is 0 Å². The fourth-order valence-electron chi connectivity index (χ4n) is 1.44. The molecule has 2 aromatic rings. The largest absolute Gasteiger partial charge is 0.486 e. The minimum absolute atomic E-state index is 0.0239. The predicted octanol–water partition coefficient (Wildman–Crippen LogP) is 2.74. The van der Waals surface area contributed by atoms with E-state index >= 15 is 0 Å². The van der Waals surface area contributed by atoms with Crippen LogP contribution in [0, 0.1) is 5.82 Å². The number of nitrogen functional groups attached to an aromatic ring is 1. The highest BCUT2D eigenvalue weighted by Crippen LogP contribution is 2.25. The normalized spacial score (nSPS) is 10.2. The lowest BCUT2D eigenvalue weighted by molar-refractivity contribution is 0.290. The molecule has 0 fully saturated rings. The van der Waals surface area contributed by atoms with Gasteiger partial charge >= 0.3 is 0 Å². The number of benzene rings is 1. The number of nitrogens with zero attached hydrogens (tertiary/aromatic N) is 1. The smallest absolute Gasteiger partial charge is 0.183 e. The van der Waals surface area contributed by atoms with Crippen molar-refractivity contribution in [1.29, 1.82) is 0 Å². The number of aromatic nitrogens is 1. The number of hydrazine groups is 1. The summed E-state index contributed by atoms with van der Waals surface area (Å²) in [7, 11) is 0. The van der Waals surface area contributed by atoms with Gasteiger partial charge in [0.2, 0.25) is 0 Å². The molecule has 0 bridgehead atoms. The number of nitrogens with one attached hydrogen (secondary N) is 1. The molecule has 6 heteroatoms. The van der Waals surface area contributed by atoms with Gasteiger partial charge in [0.15, 0.2) is 11.6 Å². The Morgan fingerprint density at radius 1 is 1.33 bits per heavy atom. The maximum Gasteiger partial charge on any atom is 0.183 e. The topological polar surface area (TPSA) is 60.2 Å². The molecule has 0 unspecified atom stereocenters. The van der Waals surface area contributed by atoms with Crippen molar-refractivity contribution in [3.8, 4) is 5.75 Å². The first kappa shape index (κ1) is 12.6. The van der Waals surface area contributed by atoms with Crippen LogP contribution in [0.2, 0.25) is 5.02 Å². The first-order valence-electron chi connectivity index (χ1n) is 5.19. The highest BCUT2D eigenvalue weighted by atomic mass is 35.5. The number of hydrogen-bond donors (Lipinski definition) is 2. The molecule has 0 saturated carbocycles. The summed E-state index contributed by atoms with van der Waals surface area (Å²) in [6.45, 7) is 0.143. The fraction of sp³-hybridized carbons (Fsp3) is 0.0833. The molecule has 0 aliphatic heterocycles. The van der Waals surface area contributed by atoms with Crippen LogP contribution in [0.25, 0.3) is 0 Å². The van der Waals surface area contributed by atoms with Crippen LogP contribution in [0.3, 0.4) is 0 Å². The number of hydrogen-bond acceptors (Lipinski definition) is 4. The van der Waals surface area contributed by atoms with E-state index in [0.29, 0.717) is 5.82 Å². The van der Waals surface area contributed by atoms with Crippen LogP contribution < -0.4 is 16.0 Å². The maximum absolute atomic E-state index is 13.6. The van der Waals surface area contributed by atoms with E-state index in [1.807, 2.05) is 0 Å². The van der Waals surface area contributed by atoms with Gasteiger partial charge in [-0.25, -0.2) is 15.2 Å². The Balaban J connectivity index is 2.14. The number of ether oxygens (including phenoxy) is 1. The lowest BCUT2D eigenvalue weighted by atomic mass is 10.2. The van der Waals surface area contributed by atoms with E-state index in [2.05, 4.69) is 10.4 Å². The molecule has 1 aromatic carbocycles. The number of halogens is 2. The van der Waals surface area contributed by atoms with Gasteiger partial charge < -0.3 is 10.2 Å². The summed E-state index contributed by atoms with van der Waals surface area (Å²) in [6, 6.07) is 8.11. The summed E-state index contributed by atoms with van der Waals surface area (Å²) >= 11 is 5.65. The second-order valence-electron chi connectivity index (χ2n) is 3.50. The van der Waals surface area contributed by atoms with Gasteiger partial charge in [-0.05, 0) is 18.2 Å². The second kappa shape index (κ2) is 5.66. The summed E-state index contributed by atoms with van der Waals surface area (Å²) in [6.07, 6.45) is 1.60. The Labute approximate surface area is 109 Å². The average Bonchev–Trinajstić information content (AvgIpc) is 2.41. The summed E-state index contributed by atoms with van der Waals surface area (Å²) in [5, 5.41) is 0.0239. The van der Waals surface area contributed by atoms with Crippen molar-refractivity contribution < 1.29 is 9.13 Å². The van der Waals surface area contributed by atoms with E-state index in [1.165, 1.54) is 12.1 Å². The molecule has 0 spiro atoms. The summed E-state index contributed by atoms with van der Waals surface area (Å²) < 4.78 is 18.9. The molecular weight excluding hydrogens is 257 g/mol. The minimum atomic E-state index is -0.578. The number of anilines is 1. The van der Waals surface area contributed by atoms with Crippen LogP contribution in [-0.2, 0) is 6.61 Å². The Morgan fingerprint density at radius 3 is 2.94 bits per heavy atom. The van der Waals surface area contributed by atoms with E-state index in [0.717, 1.165) is 5.56 Å². The first-order chi connectivity index (χ1) is 8.72. The molecule has 18 heavy (non-hydrogen) atoms. The molecule has 3 N–H and O–H groups in total. The molecule has 1 heterocycles. The van der Waals surface area contributed by atoms with E-state index in [4.69, 9.17) is 22.2 Å². The zero-order valence-electron chi connectivity index (χ0n) is 9.36. The molecule has 2 rings (SSSR count). The Hall–Kier alpha value is -1.85. The monoisotopic (exact) mass is 267 g/mol. The van der Waals surface area contributed by atoms with Gasteiger partial charge in [0, 0.05) is 11.8 Å². The lowest BCUT2D eigenvalue weighted by Crippen LogP contribution is -2.12. The van der Waals surface area contributed by atoms with Gasteiger partial charge in [0.05, 0.1) is 5.02 Å². The molecule has 0 aliphatic carbocycles. The van der Waals surface area contributed by atoms with Crippen LogP contribution in [0.15, 0.2) is 36.5 Å². The number of pyridine rings is 1. The number of rotatable bonds is 4. The quantitative estimate of drug-likeness (QED) is 0.661. The molecule has 0 amide bonds. The molecule has 4 nitrogen and oxygen atoms in total. The van der Waals surface area contributed by atoms with Gasteiger partial charge in [-0.1, -0.05) is 23.7 Å². The Bertz CT molecular complexity index is 551. The molecule has 0 saturated heterocycles. The summed E-state index contributed by atoms with van der Waals surface area (Å²) in [5.41, 5.74) is 3.17. The first-order valence-corrected chi connectivity index (χ1v) is 5.57. The van der Waals surface area contributed by atoms with Crippen LogP contribution in [0.1, 0.15) is 5.56 Å². The third-order valence-electron chi connectivity index (χ3n) is 2.33. The molecule has 94 valence electrons. The van der Waals surface area contributed by atoms with Crippen molar-refractivity contribution in [3.05, 3.63) is 52.9 Å². The average molecular weight is 268 g/mol. The summed E-state index contributed by atoms with van der Waals surface area (Å²) in [4.78, 5) is 4.01. The standard InChI is InChI=1S/C12H11ClFN3O/c13-9-4-1-5-10(11(9)14)18-7-8-3-2-6-16-12(8)17-15/h1-6H,7,15H2,(H,16,17). The van der Waals surface area contributed by atoms with E-state index in [1.54, 1.807) is 24.4 Å². The fourth-order valence-corrected chi connectivity index (χ4v) is 1.60. The van der Waals surface area contributed by atoms with Gasteiger partial charge in [-0.15, -0.1) is 0 Å². The van der Waals surface area contributed by atoms with Crippen LogP contribution in [-0.4, -0.2) is 4.98 Å².